The van der Waals surface area contributed by atoms with Crippen LogP contribution in [0.2, 0.25) is 5.02 Å². The number of β-lactam (4-membered cyclic amide) rings is 1. The Hall–Kier alpha value is -4.33. The van der Waals surface area contributed by atoms with E-state index in [0.29, 0.717) is 22.2 Å². The molecule has 208 valence electrons. The zero-order valence-corrected chi connectivity index (χ0v) is 23.5. The van der Waals surface area contributed by atoms with Crippen molar-refractivity contribution in [3.63, 3.8) is 0 Å². The van der Waals surface area contributed by atoms with Crippen molar-refractivity contribution in [2.75, 3.05) is 25.7 Å². The number of hydrogen-bond donors (Lipinski definition) is 0. The number of carbonyl (C=O) groups excluding carboxylic acids is 2. The van der Waals surface area contributed by atoms with E-state index in [1.165, 1.54) is 0 Å². The minimum Gasteiger partial charge on any atom is -0.497 e. The van der Waals surface area contributed by atoms with Crippen LogP contribution in [0.3, 0.4) is 0 Å². The van der Waals surface area contributed by atoms with Crippen molar-refractivity contribution in [3.8, 4) is 11.5 Å². The third kappa shape index (κ3) is 4.61. The Kier molecular flexibility index (Phi) is 7.15. The number of anilines is 1. The summed E-state index contributed by atoms with van der Waals surface area (Å²) in [5.74, 6) is 0.774. The molecule has 0 radical (unpaired) electrons. The Morgan fingerprint density at radius 2 is 1.49 bits per heavy atom. The van der Waals surface area contributed by atoms with Gasteiger partial charge in [0.1, 0.15) is 23.6 Å². The Balaban J connectivity index is 1.50. The molecule has 0 spiro atoms. The van der Waals surface area contributed by atoms with E-state index in [1.807, 2.05) is 84.9 Å². The van der Waals surface area contributed by atoms with Crippen molar-refractivity contribution in [3.05, 3.63) is 124 Å². The highest BCUT2D eigenvalue weighted by Crippen LogP contribution is 2.53. The lowest BCUT2D eigenvalue weighted by Crippen LogP contribution is -2.73. The van der Waals surface area contributed by atoms with Gasteiger partial charge in [0.2, 0.25) is 5.91 Å². The van der Waals surface area contributed by atoms with Crippen LogP contribution in [0.15, 0.2) is 97.1 Å². The first-order valence-corrected chi connectivity index (χ1v) is 13.7. The Morgan fingerprint density at radius 3 is 2.15 bits per heavy atom. The molecule has 2 amide bonds. The summed E-state index contributed by atoms with van der Waals surface area (Å²) >= 11 is 6.62. The fourth-order valence-corrected chi connectivity index (χ4v) is 6.05. The van der Waals surface area contributed by atoms with Crippen LogP contribution in [0.25, 0.3) is 0 Å². The van der Waals surface area contributed by atoms with Gasteiger partial charge in [0.15, 0.2) is 6.10 Å². The molecule has 0 unspecified atom stereocenters. The molecule has 41 heavy (non-hydrogen) atoms. The minimum absolute atomic E-state index is 0.119. The second kappa shape index (κ2) is 10.9. The van der Waals surface area contributed by atoms with E-state index in [2.05, 4.69) is 0 Å². The lowest BCUT2D eigenvalue weighted by atomic mass is 9.69. The van der Waals surface area contributed by atoms with Crippen LogP contribution < -0.4 is 14.4 Å². The maximum absolute atomic E-state index is 14.0. The SMILES string of the molecule is COc1cc(CN2C(=O)CN3C(=O)[C@@H](OCc4ccccc4)[C@@]3(c3ccccc3)c3cc(Cl)ccc32)cc(OC)c1. The number of hydrogen-bond acceptors (Lipinski definition) is 5. The first-order valence-electron chi connectivity index (χ1n) is 13.3. The number of rotatable bonds is 8. The number of carbonyl (C=O) groups is 2. The third-order valence-corrected chi connectivity index (χ3v) is 8.01. The van der Waals surface area contributed by atoms with E-state index in [1.54, 1.807) is 36.2 Å². The predicted octanol–water partition coefficient (Wildman–Crippen LogP) is 5.58. The number of benzene rings is 4. The normalized spacial score (nSPS) is 19.6. The molecule has 7 nitrogen and oxygen atoms in total. The van der Waals surface area contributed by atoms with E-state index in [-0.39, 0.29) is 31.5 Å². The van der Waals surface area contributed by atoms with Gasteiger partial charge < -0.3 is 24.0 Å². The van der Waals surface area contributed by atoms with Crippen LogP contribution in [-0.2, 0) is 33.0 Å². The van der Waals surface area contributed by atoms with Crippen LogP contribution >= 0.6 is 11.6 Å². The zero-order chi connectivity index (χ0) is 28.6. The van der Waals surface area contributed by atoms with Gasteiger partial charge >= 0.3 is 0 Å². The molecule has 4 aromatic rings. The molecule has 2 aliphatic rings. The Bertz CT molecular complexity index is 1570. The van der Waals surface area contributed by atoms with Gasteiger partial charge in [-0.15, -0.1) is 0 Å². The van der Waals surface area contributed by atoms with Gasteiger partial charge in [-0.05, 0) is 47.0 Å². The van der Waals surface area contributed by atoms with Gasteiger partial charge in [0.05, 0.1) is 33.1 Å². The van der Waals surface area contributed by atoms with Crippen molar-refractivity contribution in [1.29, 1.82) is 0 Å². The molecule has 2 heterocycles. The van der Waals surface area contributed by atoms with Crippen molar-refractivity contribution in [2.24, 2.45) is 0 Å². The molecule has 2 atom stereocenters. The van der Waals surface area contributed by atoms with E-state index < -0.39 is 11.6 Å². The highest BCUT2D eigenvalue weighted by Gasteiger charge is 2.65. The first kappa shape index (κ1) is 26.9. The molecule has 0 aromatic heterocycles. The number of fused-ring (bicyclic) bond motifs is 3. The quantitative estimate of drug-likeness (QED) is 0.260. The largest absolute Gasteiger partial charge is 0.497 e. The average molecular weight is 569 g/mol. The summed E-state index contributed by atoms with van der Waals surface area (Å²) in [4.78, 5) is 31.1. The van der Waals surface area contributed by atoms with Gasteiger partial charge in [0, 0.05) is 16.7 Å². The van der Waals surface area contributed by atoms with E-state index in [4.69, 9.17) is 25.8 Å². The zero-order valence-electron chi connectivity index (χ0n) is 22.7. The van der Waals surface area contributed by atoms with E-state index in [0.717, 1.165) is 22.3 Å². The van der Waals surface area contributed by atoms with Crippen LogP contribution in [0.4, 0.5) is 5.69 Å². The molecule has 6 rings (SSSR count). The lowest BCUT2D eigenvalue weighted by molar-refractivity contribution is -0.192. The van der Waals surface area contributed by atoms with Gasteiger partial charge in [-0.25, -0.2) is 0 Å². The second-order valence-corrected chi connectivity index (χ2v) is 10.5. The molecule has 0 saturated carbocycles. The van der Waals surface area contributed by atoms with Crippen molar-refractivity contribution in [1.82, 2.24) is 4.90 Å². The monoisotopic (exact) mass is 568 g/mol. The van der Waals surface area contributed by atoms with Gasteiger partial charge in [-0.1, -0.05) is 72.3 Å². The minimum atomic E-state index is -1.05. The number of methoxy groups -OCH3 is 2. The average Bonchev–Trinajstić information content (AvgIpc) is 3.09. The van der Waals surface area contributed by atoms with E-state index >= 15 is 0 Å². The lowest BCUT2D eigenvalue weighted by Gasteiger charge is -2.56. The van der Waals surface area contributed by atoms with Crippen molar-refractivity contribution in [2.45, 2.75) is 24.8 Å². The predicted molar refractivity (Wildman–Crippen MR) is 156 cm³/mol. The summed E-state index contributed by atoms with van der Waals surface area (Å²) in [6.45, 7) is 0.368. The number of nitrogens with zero attached hydrogens (tertiary/aromatic N) is 2. The maximum Gasteiger partial charge on any atom is 0.256 e. The Morgan fingerprint density at radius 1 is 0.829 bits per heavy atom. The molecule has 1 saturated heterocycles. The van der Waals surface area contributed by atoms with E-state index in [9.17, 15) is 9.59 Å². The van der Waals surface area contributed by atoms with Gasteiger partial charge in [-0.2, -0.15) is 0 Å². The molecule has 0 bridgehead atoms. The van der Waals surface area contributed by atoms with Crippen molar-refractivity contribution < 1.29 is 23.8 Å². The first-order chi connectivity index (χ1) is 19.9. The number of halogens is 1. The molecular weight excluding hydrogens is 540 g/mol. The molecule has 4 aromatic carbocycles. The van der Waals surface area contributed by atoms with Crippen LogP contribution in [0, 0.1) is 0 Å². The molecule has 2 aliphatic heterocycles. The summed E-state index contributed by atoms with van der Waals surface area (Å²) in [6, 6.07) is 30.4. The molecular formula is C33H29ClN2O5. The molecule has 1 fully saturated rings. The van der Waals surface area contributed by atoms with Crippen LogP contribution in [0.5, 0.6) is 11.5 Å². The third-order valence-electron chi connectivity index (χ3n) is 7.78. The Labute approximate surface area is 243 Å². The van der Waals surface area contributed by atoms with Crippen LogP contribution in [-0.4, -0.2) is 43.6 Å². The van der Waals surface area contributed by atoms with Crippen LogP contribution in [0.1, 0.15) is 22.3 Å². The highest BCUT2D eigenvalue weighted by atomic mass is 35.5. The second-order valence-electron chi connectivity index (χ2n) is 10.1. The summed E-state index contributed by atoms with van der Waals surface area (Å²) < 4.78 is 17.3. The number of amides is 2. The smallest absolute Gasteiger partial charge is 0.256 e. The van der Waals surface area contributed by atoms with Crippen molar-refractivity contribution >= 4 is 29.1 Å². The standard InChI is InChI=1S/C33H29ClN2O5/c1-39-26-15-23(16-27(18-26)40-2)19-35-29-14-13-25(34)17-28(29)33(24-11-7-4-8-12-24)31(32(38)36(33)20-30(35)37)41-21-22-9-5-3-6-10-22/h3-18,31H,19-21H2,1-2H3/t31-,33-/m1/s1. The van der Waals surface area contributed by atoms with Gasteiger partial charge in [0.25, 0.3) is 5.91 Å². The molecule has 0 aliphatic carbocycles. The molecule has 0 N–H and O–H groups in total. The number of ether oxygens (including phenoxy) is 3. The summed E-state index contributed by atoms with van der Waals surface area (Å²) in [5.41, 5.74) is 2.95. The summed E-state index contributed by atoms with van der Waals surface area (Å²) in [6.07, 6.45) is -0.855. The van der Waals surface area contributed by atoms with Gasteiger partial charge in [-0.3, -0.25) is 9.59 Å². The fourth-order valence-electron chi connectivity index (χ4n) is 5.88. The topological polar surface area (TPSA) is 68.3 Å². The highest BCUT2D eigenvalue weighted by molar-refractivity contribution is 6.30. The maximum atomic E-state index is 14.0. The summed E-state index contributed by atoms with van der Waals surface area (Å²) in [5, 5.41) is 0.498. The summed E-state index contributed by atoms with van der Waals surface area (Å²) in [7, 11) is 3.17. The molecule has 8 heteroatoms. The fraction of sp³-hybridized carbons (Fsp3) is 0.212.